The molecule has 3 rings (SSSR count). The van der Waals surface area contributed by atoms with Gasteiger partial charge in [-0.05, 0) is 54.0 Å². The summed E-state index contributed by atoms with van der Waals surface area (Å²) >= 11 is 0. The number of hydrogen-bond donors (Lipinski definition) is 1. The second-order valence-corrected chi connectivity index (χ2v) is 7.32. The average Bonchev–Trinajstić information content (AvgIpc) is 2.77. The van der Waals surface area contributed by atoms with Crippen LogP contribution in [0.2, 0.25) is 0 Å². The van der Waals surface area contributed by atoms with Crippen LogP contribution >= 0.6 is 0 Å². The average molecular weight is 416 g/mol. The Morgan fingerprint density at radius 2 is 1.71 bits per heavy atom. The van der Waals surface area contributed by atoms with E-state index < -0.39 is 0 Å². The first-order valence-corrected chi connectivity index (χ1v) is 10.1. The van der Waals surface area contributed by atoms with Crippen molar-refractivity contribution in [1.82, 2.24) is 4.90 Å². The number of benzene rings is 3. The molecule has 0 heterocycles. The minimum absolute atomic E-state index is 0.149. The molecule has 31 heavy (non-hydrogen) atoms. The first-order chi connectivity index (χ1) is 14.9. The third kappa shape index (κ3) is 6.37. The molecule has 1 unspecified atom stereocenters. The number of halogens is 1. The highest BCUT2D eigenvalue weighted by Gasteiger charge is 2.20. The van der Waals surface area contributed by atoms with Crippen molar-refractivity contribution in [1.29, 1.82) is 0 Å². The van der Waals surface area contributed by atoms with Gasteiger partial charge >= 0.3 is 0 Å². The highest BCUT2D eigenvalue weighted by atomic mass is 19.1. The Morgan fingerprint density at radius 3 is 2.39 bits per heavy atom. The summed E-state index contributed by atoms with van der Waals surface area (Å²) in [6.07, 6.45) is 3.19. The molecule has 2 amide bonds. The van der Waals surface area contributed by atoms with E-state index in [9.17, 15) is 14.0 Å². The van der Waals surface area contributed by atoms with Gasteiger partial charge in [-0.1, -0.05) is 54.6 Å². The van der Waals surface area contributed by atoms with Crippen LogP contribution in [0.5, 0.6) is 0 Å². The van der Waals surface area contributed by atoms with Crippen molar-refractivity contribution in [3.63, 3.8) is 0 Å². The van der Waals surface area contributed by atoms with Gasteiger partial charge in [0.25, 0.3) is 0 Å². The number of nitrogens with one attached hydrogen (secondary N) is 1. The summed E-state index contributed by atoms with van der Waals surface area (Å²) in [5.41, 5.74) is 3.35. The Bertz CT molecular complexity index is 1060. The minimum Gasteiger partial charge on any atom is -0.328 e. The van der Waals surface area contributed by atoms with Crippen LogP contribution in [0.3, 0.4) is 0 Å². The fourth-order valence-corrected chi connectivity index (χ4v) is 3.28. The van der Waals surface area contributed by atoms with Crippen LogP contribution in [-0.2, 0) is 16.1 Å². The molecule has 1 atom stereocenters. The Balaban J connectivity index is 1.87. The Morgan fingerprint density at radius 1 is 1.00 bits per heavy atom. The second-order valence-electron chi connectivity index (χ2n) is 7.32. The third-order valence-corrected chi connectivity index (χ3v) is 4.92. The maximum absolute atomic E-state index is 13.2. The van der Waals surface area contributed by atoms with Crippen molar-refractivity contribution in [3.05, 3.63) is 107 Å². The Labute approximate surface area is 182 Å². The van der Waals surface area contributed by atoms with Crippen molar-refractivity contribution in [2.24, 2.45) is 0 Å². The minimum atomic E-state index is -0.318. The van der Waals surface area contributed by atoms with Crippen LogP contribution in [0, 0.1) is 5.82 Å². The van der Waals surface area contributed by atoms with Gasteiger partial charge in [0.2, 0.25) is 11.8 Å². The van der Waals surface area contributed by atoms with Crippen molar-refractivity contribution in [2.45, 2.75) is 26.4 Å². The van der Waals surface area contributed by atoms with Crippen LogP contribution in [0.25, 0.3) is 6.08 Å². The molecule has 0 aliphatic heterocycles. The van der Waals surface area contributed by atoms with Crippen LogP contribution < -0.4 is 5.32 Å². The lowest BCUT2D eigenvalue weighted by molar-refractivity contribution is -0.128. The van der Waals surface area contributed by atoms with Gasteiger partial charge in [-0.15, -0.1) is 0 Å². The van der Waals surface area contributed by atoms with Crippen LogP contribution in [0.4, 0.5) is 10.1 Å². The molecule has 0 aliphatic carbocycles. The molecule has 0 saturated heterocycles. The lowest BCUT2D eigenvalue weighted by Gasteiger charge is -2.29. The van der Waals surface area contributed by atoms with E-state index in [1.165, 1.54) is 25.1 Å². The van der Waals surface area contributed by atoms with E-state index in [1.807, 2.05) is 61.5 Å². The molecule has 0 fully saturated rings. The van der Waals surface area contributed by atoms with Crippen molar-refractivity contribution in [3.8, 4) is 0 Å². The van der Waals surface area contributed by atoms with Gasteiger partial charge in [0.05, 0.1) is 6.04 Å². The van der Waals surface area contributed by atoms with E-state index in [-0.39, 0.29) is 23.7 Å². The lowest BCUT2D eigenvalue weighted by Crippen LogP contribution is -2.31. The summed E-state index contributed by atoms with van der Waals surface area (Å²) in [6, 6.07) is 23.0. The highest BCUT2D eigenvalue weighted by molar-refractivity contribution is 5.92. The predicted molar refractivity (Wildman–Crippen MR) is 122 cm³/mol. The molecule has 1 N–H and O–H groups in total. The number of carbonyl (C=O) groups excluding carboxylic acids is 2. The van der Waals surface area contributed by atoms with Crippen molar-refractivity contribution < 1.29 is 14.0 Å². The number of nitrogens with zero attached hydrogens (tertiary/aromatic N) is 1. The van der Waals surface area contributed by atoms with E-state index in [4.69, 9.17) is 0 Å². The fourth-order valence-electron chi connectivity index (χ4n) is 3.28. The van der Waals surface area contributed by atoms with E-state index in [0.717, 1.165) is 16.7 Å². The molecule has 5 heteroatoms. The predicted octanol–water partition coefficient (Wildman–Crippen LogP) is 5.59. The first-order valence-electron chi connectivity index (χ1n) is 10.1. The van der Waals surface area contributed by atoms with Crippen LogP contribution in [0.15, 0.2) is 84.9 Å². The molecule has 0 aliphatic rings. The normalized spacial score (nSPS) is 11.8. The molecule has 3 aromatic carbocycles. The van der Waals surface area contributed by atoms with E-state index in [2.05, 4.69) is 5.32 Å². The number of carbonyl (C=O) groups is 2. The monoisotopic (exact) mass is 416 g/mol. The zero-order valence-electron chi connectivity index (χ0n) is 17.6. The fraction of sp³-hybridized carbons (Fsp3) is 0.154. The van der Waals surface area contributed by atoms with Gasteiger partial charge in [0.15, 0.2) is 0 Å². The van der Waals surface area contributed by atoms with Gasteiger partial charge in [0, 0.05) is 25.2 Å². The largest absolute Gasteiger partial charge is 0.328 e. The molecule has 3 aromatic rings. The van der Waals surface area contributed by atoms with Crippen molar-refractivity contribution >= 4 is 23.6 Å². The smallest absolute Gasteiger partial charge is 0.247 e. The quantitative estimate of drug-likeness (QED) is 0.511. The SMILES string of the molecule is CC(=O)Nc1cccc(C(C)N(Cc2ccccc2)C(=O)/C=C/c2ccc(F)cc2)c1. The van der Waals surface area contributed by atoms with Gasteiger partial charge in [-0.3, -0.25) is 9.59 Å². The van der Waals surface area contributed by atoms with E-state index in [0.29, 0.717) is 12.2 Å². The standard InChI is InChI=1S/C26H25FN2O2/c1-19(23-9-6-10-25(17-23)28-20(2)30)29(18-22-7-4-3-5-8-22)26(31)16-13-21-11-14-24(27)15-12-21/h3-17,19H,18H2,1-2H3,(H,28,30)/b16-13+. The van der Waals surface area contributed by atoms with E-state index in [1.54, 1.807) is 23.1 Å². The van der Waals surface area contributed by atoms with Gasteiger partial charge in [0.1, 0.15) is 5.82 Å². The molecule has 0 spiro atoms. The summed E-state index contributed by atoms with van der Waals surface area (Å²) in [4.78, 5) is 26.3. The van der Waals surface area contributed by atoms with Crippen molar-refractivity contribution in [2.75, 3.05) is 5.32 Å². The summed E-state index contributed by atoms with van der Waals surface area (Å²) in [5, 5.41) is 2.78. The number of amides is 2. The Kier molecular flexibility index (Phi) is 7.33. The Hall–Kier alpha value is -3.73. The maximum Gasteiger partial charge on any atom is 0.247 e. The topological polar surface area (TPSA) is 49.4 Å². The summed E-state index contributed by atoms with van der Waals surface area (Å²) in [5.74, 6) is -0.628. The zero-order valence-corrected chi connectivity index (χ0v) is 17.6. The number of hydrogen-bond acceptors (Lipinski definition) is 2. The molecule has 0 radical (unpaired) electrons. The van der Waals surface area contributed by atoms with Gasteiger partial charge in [-0.25, -0.2) is 4.39 Å². The summed E-state index contributed by atoms with van der Waals surface area (Å²) in [7, 11) is 0. The molecule has 0 bridgehead atoms. The lowest BCUT2D eigenvalue weighted by atomic mass is 10.0. The molecular formula is C26H25FN2O2. The van der Waals surface area contributed by atoms with Crippen LogP contribution in [-0.4, -0.2) is 16.7 Å². The second kappa shape index (κ2) is 10.3. The first kappa shape index (κ1) is 22.0. The maximum atomic E-state index is 13.2. The molecule has 158 valence electrons. The highest BCUT2D eigenvalue weighted by Crippen LogP contribution is 2.25. The molecular weight excluding hydrogens is 391 g/mol. The van der Waals surface area contributed by atoms with E-state index >= 15 is 0 Å². The molecule has 0 aromatic heterocycles. The molecule has 0 saturated carbocycles. The molecule has 4 nitrogen and oxygen atoms in total. The summed E-state index contributed by atoms with van der Waals surface area (Å²) < 4.78 is 13.1. The van der Waals surface area contributed by atoms with Gasteiger partial charge < -0.3 is 10.2 Å². The van der Waals surface area contributed by atoms with Crippen LogP contribution in [0.1, 0.15) is 36.6 Å². The number of rotatable bonds is 7. The number of anilines is 1. The third-order valence-electron chi connectivity index (χ3n) is 4.92. The zero-order chi connectivity index (χ0) is 22.2. The van der Waals surface area contributed by atoms with Gasteiger partial charge in [-0.2, -0.15) is 0 Å². The summed E-state index contributed by atoms with van der Waals surface area (Å²) in [6.45, 7) is 3.85.